The molecule has 1 aromatic heterocycles. The monoisotopic (exact) mass is 187 g/mol. The van der Waals surface area contributed by atoms with Crippen LogP contribution in [0.2, 0.25) is 0 Å². The number of aromatic nitrogens is 2. The molecule has 0 aliphatic carbocycles. The molecular formula is C10H9N3O. The Morgan fingerprint density at radius 3 is 2.43 bits per heavy atom. The van der Waals surface area contributed by atoms with Gasteiger partial charge in [0.05, 0.1) is 12.4 Å². The summed E-state index contributed by atoms with van der Waals surface area (Å²) in [7, 11) is 0. The Kier molecular flexibility index (Phi) is 2.56. The van der Waals surface area contributed by atoms with Gasteiger partial charge >= 0.3 is 0 Å². The van der Waals surface area contributed by atoms with E-state index in [-0.39, 0.29) is 0 Å². The molecule has 0 saturated heterocycles. The first-order valence-electron chi connectivity index (χ1n) is 4.18. The maximum Gasteiger partial charge on any atom is 0.155 e. The average molecular weight is 187 g/mol. The van der Waals surface area contributed by atoms with E-state index in [0.29, 0.717) is 0 Å². The summed E-state index contributed by atoms with van der Waals surface area (Å²) >= 11 is 0. The van der Waals surface area contributed by atoms with Gasteiger partial charge in [0, 0.05) is 0 Å². The molecule has 0 aliphatic rings. The smallest absolute Gasteiger partial charge is 0.155 e. The summed E-state index contributed by atoms with van der Waals surface area (Å²) in [4.78, 5) is 12.9. The standard InChI is InChI=1S/C10H9N3O/c1-2-4-10(5-3-1)14-13-9-6-11-8-12-7-9/h1-8,13H. The molecule has 4 heteroatoms. The van der Waals surface area contributed by atoms with Gasteiger partial charge < -0.3 is 4.84 Å². The molecule has 14 heavy (non-hydrogen) atoms. The molecule has 0 aliphatic heterocycles. The van der Waals surface area contributed by atoms with Gasteiger partial charge in [-0.1, -0.05) is 18.2 Å². The van der Waals surface area contributed by atoms with Gasteiger partial charge in [-0.2, -0.15) is 0 Å². The van der Waals surface area contributed by atoms with E-state index in [9.17, 15) is 0 Å². The van der Waals surface area contributed by atoms with Gasteiger partial charge in [-0.3, -0.25) is 0 Å². The van der Waals surface area contributed by atoms with Crippen LogP contribution in [0.25, 0.3) is 0 Å². The zero-order valence-electron chi connectivity index (χ0n) is 7.42. The summed E-state index contributed by atoms with van der Waals surface area (Å²) in [6.07, 6.45) is 4.74. The van der Waals surface area contributed by atoms with Crippen molar-refractivity contribution < 1.29 is 4.84 Å². The number of benzene rings is 1. The Labute approximate surface area is 81.5 Å². The Morgan fingerprint density at radius 2 is 1.71 bits per heavy atom. The van der Waals surface area contributed by atoms with E-state index in [1.54, 1.807) is 12.4 Å². The number of hydrogen-bond donors (Lipinski definition) is 1. The molecule has 0 atom stereocenters. The number of rotatable bonds is 3. The van der Waals surface area contributed by atoms with Gasteiger partial charge in [0.15, 0.2) is 5.75 Å². The maximum absolute atomic E-state index is 5.26. The topological polar surface area (TPSA) is 47.0 Å². The molecule has 0 unspecified atom stereocenters. The summed E-state index contributed by atoms with van der Waals surface area (Å²) in [6, 6.07) is 9.45. The molecule has 0 amide bonds. The molecule has 4 nitrogen and oxygen atoms in total. The van der Waals surface area contributed by atoms with Crippen molar-refractivity contribution in [2.45, 2.75) is 0 Å². The Hall–Kier alpha value is -2.10. The molecule has 0 radical (unpaired) electrons. The number of anilines is 1. The van der Waals surface area contributed by atoms with E-state index in [0.717, 1.165) is 11.4 Å². The normalized spacial score (nSPS) is 9.43. The molecule has 0 spiro atoms. The highest BCUT2D eigenvalue weighted by molar-refractivity contribution is 5.35. The molecule has 0 fully saturated rings. The minimum Gasteiger partial charge on any atom is -0.382 e. The van der Waals surface area contributed by atoms with Gasteiger partial charge in [-0.25, -0.2) is 15.4 Å². The van der Waals surface area contributed by atoms with Crippen LogP contribution in [0.1, 0.15) is 0 Å². The van der Waals surface area contributed by atoms with Crippen LogP contribution in [0.5, 0.6) is 5.75 Å². The predicted molar refractivity (Wildman–Crippen MR) is 52.7 cm³/mol. The molecule has 1 N–H and O–H groups in total. The lowest BCUT2D eigenvalue weighted by molar-refractivity contribution is 0.404. The fourth-order valence-corrected chi connectivity index (χ4v) is 0.958. The van der Waals surface area contributed by atoms with Crippen LogP contribution >= 0.6 is 0 Å². The van der Waals surface area contributed by atoms with Crippen molar-refractivity contribution >= 4 is 5.69 Å². The summed E-state index contributed by atoms with van der Waals surface area (Å²) in [5, 5.41) is 0. The lowest BCUT2D eigenvalue weighted by Crippen LogP contribution is -2.04. The van der Waals surface area contributed by atoms with Crippen LogP contribution < -0.4 is 10.3 Å². The minimum atomic E-state index is 0.719. The second-order valence-corrected chi connectivity index (χ2v) is 2.64. The summed E-state index contributed by atoms with van der Waals surface area (Å²) in [5.41, 5.74) is 3.45. The summed E-state index contributed by atoms with van der Waals surface area (Å²) < 4.78 is 0. The van der Waals surface area contributed by atoms with Crippen LogP contribution in [0.15, 0.2) is 49.1 Å². The third-order valence-corrected chi connectivity index (χ3v) is 1.59. The quantitative estimate of drug-likeness (QED) is 0.745. The van der Waals surface area contributed by atoms with Gasteiger partial charge in [-0.15, -0.1) is 0 Å². The first-order chi connectivity index (χ1) is 6.95. The highest BCUT2D eigenvalue weighted by atomic mass is 16.6. The van der Waals surface area contributed by atoms with Crippen molar-refractivity contribution in [1.82, 2.24) is 9.97 Å². The second kappa shape index (κ2) is 4.23. The van der Waals surface area contributed by atoms with Gasteiger partial charge in [0.25, 0.3) is 0 Å². The predicted octanol–water partition coefficient (Wildman–Crippen LogP) is 1.88. The van der Waals surface area contributed by atoms with Gasteiger partial charge in [0.1, 0.15) is 12.0 Å². The van der Waals surface area contributed by atoms with Crippen molar-refractivity contribution in [2.75, 3.05) is 5.48 Å². The van der Waals surface area contributed by atoms with Crippen molar-refractivity contribution in [2.24, 2.45) is 0 Å². The number of nitrogens with zero attached hydrogens (tertiary/aromatic N) is 2. The zero-order chi connectivity index (χ0) is 9.64. The molecule has 2 aromatic rings. The van der Waals surface area contributed by atoms with E-state index >= 15 is 0 Å². The van der Waals surface area contributed by atoms with Gasteiger partial charge in [0.2, 0.25) is 0 Å². The Morgan fingerprint density at radius 1 is 1.00 bits per heavy atom. The molecule has 1 aromatic carbocycles. The second-order valence-electron chi connectivity index (χ2n) is 2.64. The van der Waals surface area contributed by atoms with Gasteiger partial charge in [-0.05, 0) is 12.1 Å². The van der Waals surface area contributed by atoms with Crippen LogP contribution in [-0.2, 0) is 0 Å². The molecule has 0 saturated carbocycles. The van der Waals surface area contributed by atoms with Crippen LogP contribution in [0, 0.1) is 0 Å². The highest BCUT2D eigenvalue weighted by Gasteiger charge is 1.92. The van der Waals surface area contributed by atoms with E-state index in [1.165, 1.54) is 6.33 Å². The highest BCUT2D eigenvalue weighted by Crippen LogP contribution is 2.09. The zero-order valence-corrected chi connectivity index (χ0v) is 7.42. The van der Waals surface area contributed by atoms with E-state index in [1.807, 2.05) is 30.3 Å². The molecule has 70 valence electrons. The van der Waals surface area contributed by atoms with E-state index < -0.39 is 0 Å². The number of hydrogen-bond acceptors (Lipinski definition) is 4. The first kappa shape index (κ1) is 8.50. The van der Waals surface area contributed by atoms with Crippen LogP contribution in [-0.4, -0.2) is 9.97 Å². The van der Waals surface area contributed by atoms with E-state index in [4.69, 9.17) is 4.84 Å². The van der Waals surface area contributed by atoms with Crippen molar-refractivity contribution in [3.63, 3.8) is 0 Å². The van der Waals surface area contributed by atoms with Crippen molar-refractivity contribution in [3.05, 3.63) is 49.1 Å². The molecule has 1 heterocycles. The lowest BCUT2D eigenvalue weighted by atomic mass is 10.3. The fraction of sp³-hybridized carbons (Fsp3) is 0. The Balaban J connectivity index is 1.96. The van der Waals surface area contributed by atoms with Crippen LogP contribution in [0.3, 0.4) is 0 Å². The molecule has 2 rings (SSSR count). The number of para-hydroxylation sites is 1. The first-order valence-corrected chi connectivity index (χ1v) is 4.18. The SMILES string of the molecule is c1ccc(ONc2cncnc2)cc1. The van der Waals surface area contributed by atoms with E-state index in [2.05, 4.69) is 15.4 Å². The maximum atomic E-state index is 5.26. The number of nitrogens with one attached hydrogen (secondary N) is 1. The molecule has 0 bridgehead atoms. The van der Waals surface area contributed by atoms with Crippen LogP contribution in [0.4, 0.5) is 5.69 Å². The average Bonchev–Trinajstić information content (AvgIpc) is 2.29. The minimum absolute atomic E-state index is 0.719. The largest absolute Gasteiger partial charge is 0.382 e. The van der Waals surface area contributed by atoms with Crippen molar-refractivity contribution in [1.29, 1.82) is 0 Å². The fourth-order valence-electron chi connectivity index (χ4n) is 0.958. The summed E-state index contributed by atoms with van der Waals surface area (Å²) in [6.45, 7) is 0. The Bertz CT molecular complexity index is 338. The molecular weight excluding hydrogens is 178 g/mol. The lowest BCUT2D eigenvalue weighted by Gasteiger charge is -2.06. The summed E-state index contributed by atoms with van der Waals surface area (Å²) in [5.74, 6) is 0.747. The van der Waals surface area contributed by atoms with Crippen molar-refractivity contribution in [3.8, 4) is 5.75 Å². The third-order valence-electron chi connectivity index (χ3n) is 1.59. The third kappa shape index (κ3) is 2.20.